The molecule has 2 aromatic rings. The fraction of sp³-hybridized carbons (Fsp3) is 0.0667. The lowest BCUT2D eigenvalue weighted by molar-refractivity contribution is 0.609. The number of rotatable bonds is 4. The van der Waals surface area contributed by atoms with Gasteiger partial charge in [-0.3, -0.25) is 4.72 Å². The molecular weight excluding hydrogens is 294 g/mol. The summed E-state index contributed by atoms with van der Waals surface area (Å²) in [6.07, 6.45) is 1.52. The summed E-state index contributed by atoms with van der Waals surface area (Å²) in [6, 6.07) is 14.1. The highest BCUT2D eigenvalue weighted by Gasteiger charge is 2.05. The van der Waals surface area contributed by atoms with Crippen LogP contribution in [0, 0.1) is 6.92 Å². The van der Waals surface area contributed by atoms with Crippen molar-refractivity contribution in [3.05, 3.63) is 70.1 Å². The Balaban J connectivity index is 2.13. The van der Waals surface area contributed by atoms with Gasteiger partial charge in [0, 0.05) is 10.7 Å². The second-order valence-electron chi connectivity index (χ2n) is 4.37. The molecule has 5 heteroatoms. The van der Waals surface area contributed by atoms with Crippen LogP contribution in [0.2, 0.25) is 5.02 Å². The monoisotopic (exact) mass is 307 g/mol. The number of nitrogens with one attached hydrogen (secondary N) is 1. The Bertz CT molecular complexity index is 722. The fourth-order valence-corrected chi connectivity index (χ4v) is 2.63. The Morgan fingerprint density at radius 3 is 2.45 bits per heavy atom. The molecule has 1 N–H and O–H groups in total. The van der Waals surface area contributed by atoms with E-state index in [1.54, 1.807) is 42.5 Å². The Morgan fingerprint density at radius 1 is 1.10 bits per heavy atom. The van der Waals surface area contributed by atoms with E-state index in [1.807, 2.05) is 13.0 Å². The second-order valence-corrected chi connectivity index (χ2v) is 6.37. The van der Waals surface area contributed by atoms with Crippen molar-refractivity contribution in [1.82, 2.24) is 0 Å². The van der Waals surface area contributed by atoms with Gasteiger partial charge in [-0.05, 0) is 48.4 Å². The van der Waals surface area contributed by atoms with E-state index in [1.165, 1.54) is 6.08 Å². The van der Waals surface area contributed by atoms with Gasteiger partial charge in [0.25, 0.3) is 10.0 Å². The van der Waals surface area contributed by atoms with Gasteiger partial charge < -0.3 is 0 Å². The molecule has 0 atom stereocenters. The van der Waals surface area contributed by atoms with Crippen LogP contribution in [0.5, 0.6) is 0 Å². The third kappa shape index (κ3) is 4.40. The number of aryl methyl sites for hydroxylation is 1. The zero-order chi connectivity index (χ0) is 14.6. The van der Waals surface area contributed by atoms with E-state index in [0.29, 0.717) is 10.7 Å². The molecule has 20 heavy (non-hydrogen) atoms. The molecule has 0 spiro atoms. The zero-order valence-electron chi connectivity index (χ0n) is 10.9. The average Bonchev–Trinajstić information content (AvgIpc) is 2.37. The van der Waals surface area contributed by atoms with Crippen LogP contribution in [0.1, 0.15) is 11.1 Å². The molecule has 0 saturated carbocycles. The molecule has 0 radical (unpaired) electrons. The standard InChI is InChI=1S/C15H14ClNO2S/c1-12-3-2-4-15(11-12)17-20(18,19)10-9-13-5-7-14(16)8-6-13/h2-11,17H,1H3/b10-9+. The van der Waals surface area contributed by atoms with E-state index in [9.17, 15) is 8.42 Å². The van der Waals surface area contributed by atoms with Gasteiger partial charge in [0.05, 0.1) is 5.41 Å². The lowest BCUT2D eigenvalue weighted by Gasteiger charge is -2.05. The maximum Gasteiger partial charge on any atom is 0.255 e. The van der Waals surface area contributed by atoms with Gasteiger partial charge in [-0.2, -0.15) is 0 Å². The Labute approximate surface area is 124 Å². The minimum absolute atomic E-state index is 0.547. The maximum atomic E-state index is 11.9. The summed E-state index contributed by atoms with van der Waals surface area (Å²) in [7, 11) is -3.52. The summed E-state index contributed by atoms with van der Waals surface area (Å²) in [5.41, 5.74) is 2.31. The summed E-state index contributed by atoms with van der Waals surface area (Å²) < 4.78 is 26.4. The molecule has 0 aromatic heterocycles. The van der Waals surface area contributed by atoms with Crippen LogP contribution in [0.15, 0.2) is 53.9 Å². The molecular formula is C15H14ClNO2S. The largest absolute Gasteiger partial charge is 0.280 e. The lowest BCUT2D eigenvalue weighted by atomic mass is 10.2. The molecule has 104 valence electrons. The molecule has 0 aliphatic carbocycles. The summed E-state index contributed by atoms with van der Waals surface area (Å²) >= 11 is 5.77. The summed E-state index contributed by atoms with van der Waals surface area (Å²) in [6.45, 7) is 1.90. The third-order valence-electron chi connectivity index (χ3n) is 2.59. The van der Waals surface area contributed by atoms with Crippen molar-refractivity contribution in [3.8, 4) is 0 Å². The van der Waals surface area contributed by atoms with Crippen LogP contribution in [-0.4, -0.2) is 8.42 Å². The third-order valence-corrected chi connectivity index (χ3v) is 3.85. The van der Waals surface area contributed by atoms with E-state index in [4.69, 9.17) is 11.6 Å². The Hall–Kier alpha value is -1.78. The first kappa shape index (κ1) is 14.6. The van der Waals surface area contributed by atoms with Crippen molar-refractivity contribution < 1.29 is 8.42 Å². The van der Waals surface area contributed by atoms with Crippen molar-refractivity contribution >= 4 is 33.4 Å². The van der Waals surface area contributed by atoms with E-state index >= 15 is 0 Å². The number of benzene rings is 2. The van der Waals surface area contributed by atoms with Gasteiger partial charge in [-0.25, -0.2) is 8.42 Å². The highest BCUT2D eigenvalue weighted by molar-refractivity contribution is 7.95. The smallest absolute Gasteiger partial charge is 0.255 e. The van der Waals surface area contributed by atoms with Crippen LogP contribution in [-0.2, 0) is 10.0 Å². The van der Waals surface area contributed by atoms with Gasteiger partial charge in [0.1, 0.15) is 0 Å². The van der Waals surface area contributed by atoms with Gasteiger partial charge in [0.2, 0.25) is 0 Å². The molecule has 2 aromatic carbocycles. The zero-order valence-corrected chi connectivity index (χ0v) is 12.4. The van der Waals surface area contributed by atoms with Crippen LogP contribution in [0.3, 0.4) is 0 Å². The summed E-state index contributed by atoms with van der Waals surface area (Å²) in [5.74, 6) is 0. The van der Waals surface area contributed by atoms with Gasteiger partial charge in [-0.15, -0.1) is 0 Å². The fourth-order valence-electron chi connectivity index (χ4n) is 1.65. The molecule has 0 saturated heterocycles. The van der Waals surface area contributed by atoms with Crippen molar-refractivity contribution in [3.63, 3.8) is 0 Å². The quantitative estimate of drug-likeness (QED) is 0.926. The number of anilines is 1. The van der Waals surface area contributed by atoms with Gasteiger partial charge in [0.15, 0.2) is 0 Å². The lowest BCUT2D eigenvalue weighted by Crippen LogP contribution is -2.08. The molecule has 0 fully saturated rings. The molecule has 0 aliphatic rings. The molecule has 2 rings (SSSR count). The van der Waals surface area contributed by atoms with Gasteiger partial charge in [-0.1, -0.05) is 35.9 Å². The number of hydrogen-bond acceptors (Lipinski definition) is 2. The summed E-state index contributed by atoms with van der Waals surface area (Å²) in [4.78, 5) is 0. The van der Waals surface area contributed by atoms with E-state index < -0.39 is 10.0 Å². The van der Waals surface area contributed by atoms with Crippen molar-refractivity contribution in [1.29, 1.82) is 0 Å². The Morgan fingerprint density at radius 2 is 1.80 bits per heavy atom. The highest BCUT2D eigenvalue weighted by Crippen LogP contribution is 2.14. The van der Waals surface area contributed by atoms with E-state index in [2.05, 4.69) is 4.72 Å². The van der Waals surface area contributed by atoms with Crippen molar-refractivity contribution in [2.45, 2.75) is 6.92 Å². The first-order valence-electron chi connectivity index (χ1n) is 5.98. The van der Waals surface area contributed by atoms with Gasteiger partial charge >= 0.3 is 0 Å². The van der Waals surface area contributed by atoms with Crippen LogP contribution in [0.25, 0.3) is 6.08 Å². The minimum Gasteiger partial charge on any atom is -0.280 e. The highest BCUT2D eigenvalue weighted by atomic mass is 35.5. The van der Waals surface area contributed by atoms with Crippen molar-refractivity contribution in [2.24, 2.45) is 0 Å². The minimum atomic E-state index is -3.52. The van der Waals surface area contributed by atoms with E-state index in [-0.39, 0.29) is 0 Å². The van der Waals surface area contributed by atoms with Crippen LogP contribution < -0.4 is 4.72 Å². The normalized spacial score (nSPS) is 11.7. The molecule has 0 heterocycles. The average molecular weight is 308 g/mol. The molecule has 0 bridgehead atoms. The second kappa shape index (κ2) is 6.11. The Kier molecular flexibility index (Phi) is 4.47. The number of hydrogen-bond donors (Lipinski definition) is 1. The van der Waals surface area contributed by atoms with E-state index in [0.717, 1.165) is 16.5 Å². The number of halogens is 1. The van der Waals surface area contributed by atoms with Crippen molar-refractivity contribution in [2.75, 3.05) is 4.72 Å². The SMILES string of the molecule is Cc1cccc(NS(=O)(=O)/C=C/c2ccc(Cl)cc2)c1. The summed E-state index contributed by atoms with van der Waals surface area (Å²) in [5, 5.41) is 1.75. The predicted octanol–water partition coefficient (Wildman–Crippen LogP) is 4.06. The maximum absolute atomic E-state index is 11.9. The predicted molar refractivity (Wildman–Crippen MR) is 84.2 cm³/mol. The molecule has 0 aliphatic heterocycles. The number of sulfonamides is 1. The molecule has 0 amide bonds. The molecule has 3 nitrogen and oxygen atoms in total. The topological polar surface area (TPSA) is 46.2 Å². The first-order valence-corrected chi connectivity index (χ1v) is 7.90. The molecule has 0 unspecified atom stereocenters. The van der Waals surface area contributed by atoms with Crippen LogP contribution >= 0.6 is 11.6 Å². The first-order chi connectivity index (χ1) is 9.44. The van der Waals surface area contributed by atoms with Crippen LogP contribution in [0.4, 0.5) is 5.69 Å².